The molecule has 0 bridgehead atoms. The van der Waals surface area contributed by atoms with E-state index in [1.807, 2.05) is 13.8 Å². The van der Waals surface area contributed by atoms with Gasteiger partial charge in [-0.15, -0.1) is 0 Å². The number of aryl methyl sites for hydroxylation is 1. The lowest BCUT2D eigenvalue weighted by Gasteiger charge is -2.11. The highest BCUT2D eigenvalue weighted by molar-refractivity contribution is 6.42. The third kappa shape index (κ3) is 2.19. The maximum Gasteiger partial charge on any atom is 0.255 e. The molecule has 0 amide bonds. The zero-order valence-electron chi connectivity index (χ0n) is 10.8. The normalized spacial score (nSPS) is 11.0. The molecule has 0 atom stereocenters. The molecule has 0 radical (unpaired) electrons. The summed E-state index contributed by atoms with van der Waals surface area (Å²) in [7, 11) is 0. The van der Waals surface area contributed by atoms with E-state index < -0.39 is 0 Å². The number of ether oxygens (including phenoxy) is 1. The van der Waals surface area contributed by atoms with Crippen LogP contribution < -0.4 is 4.74 Å². The molecule has 0 unspecified atom stereocenters. The van der Waals surface area contributed by atoms with E-state index in [2.05, 4.69) is 15.1 Å². The van der Waals surface area contributed by atoms with Gasteiger partial charge < -0.3 is 4.74 Å². The Labute approximate surface area is 125 Å². The van der Waals surface area contributed by atoms with Gasteiger partial charge >= 0.3 is 0 Å². The van der Waals surface area contributed by atoms with E-state index in [0.29, 0.717) is 27.5 Å². The van der Waals surface area contributed by atoms with Crippen molar-refractivity contribution in [1.82, 2.24) is 19.6 Å². The van der Waals surface area contributed by atoms with Crippen LogP contribution in [0, 0.1) is 13.8 Å². The predicted octanol–water partition coefficient (Wildman–Crippen LogP) is 3.84. The summed E-state index contributed by atoms with van der Waals surface area (Å²) in [5, 5.41) is 5.03. The number of nitrogens with zero attached hydrogens (tertiary/aromatic N) is 4. The Kier molecular flexibility index (Phi) is 3.23. The molecule has 0 saturated carbocycles. The van der Waals surface area contributed by atoms with Crippen LogP contribution in [0.1, 0.15) is 11.3 Å². The molecule has 5 nitrogen and oxygen atoms in total. The van der Waals surface area contributed by atoms with Crippen LogP contribution in [-0.2, 0) is 0 Å². The van der Waals surface area contributed by atoms with Crippen LogP contribution in [0.15, 0.2) is 24.5 Å². The Bertz CT molecular complexity index is 800. The minimum Gasteiger partial charge on any atom is -0.438 e. The monoisotopic (exact) mass is 308 g/mol. The Morgan fingerprint density at radius 2 is 1.95 bits per heavy atom. The molecule has 0 saturated heterocycles. The first kappa shape index (κ1) is 13.1. The van der Waals surface area contributed by atoms with Gasteiger partial charge in [0, 0.05) is 17.3 Å². The van der Waals surface area contributed by atoms with Crippen molar-refractivity contribution in [2.24, 2.45) is 0 Å². The zero-order chi connectivity index (χ0) is 14.3. The second-order valence-corrected chi connectivity index (χ2v) is 5.09. The number of halogens is 2. The third-order valence-electron chi connectivity index (χ3n) is 2.96. The summed E-state index contributed by atoms with van der Waals surface area (Å²) in [4.78, 5) is 8.40. The van der Waals surface area contributed by atoms with E-state index in [4.69, 9.17) is 27.9 Å². The zero-order valence-corrected chi connectivity index (χ0v) is 12.3. The fourth-order valence-electron chi connectivity index (χ4n) is 1.77. The lowest BCUT2D eigenvalue weighted by molar-refractivity contribution is 0.441. The average molecular weight is 309 g/mol. The van der Waals surface area contributed by atoms with Crippen LogP contribution >= 0.6 is 23.2 Å². The molecule has 0 aliphatic heterocycles. The van der Waals surface area contributed by atoms with Gasteiger partial charge in [0.05, 0.1) is 10.0 Å². The molecule has 102 valence electrons. The molecule has 0 fully saturated rings. The summed E-state index contributed by atoms with van der Waals surface area (Å²) in [6, 6.07) is 5.08. The van der Waals surface area contributed by atoms with Crippen molar-refractivity contribution in [3.8, 4) is 11.6 Å². The van der Waals surface area contributed by atoms with E-state index >= 15 is 0 Å². The molecule has 7 heteroatoms. The fraction of sp³-hybridized carbons (Fsp3) is 0.154. The largest absolute Gasteiger partial charge is 0.438 e. The van der Waals surface area contributed by atoms with Crippen molar-refractivity contribution in [2.45, 2.75) is 13.8 Å². The van der Waals surface area contributed by atoms with E-state index in [1.54, 1.807) is 22.7 Å². The minimum absolute atomic E-state index is 0.433. The summed E-state index contributed by atoms with van der Waals surface area (Å²) in [5.41, 5.74) is 1.72. The molecule has 3 aromatic rings. The first-order chi connectivity index (χ1) is 9.56. The number of hydrogen-bond acceptors (Lipinski definition) is 4. The predicted molar refractivity (Wildman–Crippen MR) is 76.8 cm³/mol. The van der Waals surface area contributed by atoms with Gasteiger partial charge in [0.25, 0.3) is 5.78 Å². The van der Waals surface area contributed by atoms with Gasteiger partial charge in [0.1, 0.15) is 12.1 Å². The summed E-state index contributed by atoms with van der Waals surface area (Å²) < 4.78 is 7.42. The quantitative estimate of drug-likeness (QED) is 0.721. The number of hydrogen-bond donors (Lipinski definition) is 0. The molecule has 0 aliphatic carbocycles. The van der Waals surface area contributed by atoms with Crippen molar-refractivity contribution < 1.29 is 4.74 Å². The molecule has 0 N–H and O–H groups in total. The first-order valence-corrected chi connectivity index (χ1v) is 6.61. The molecule has 3 rings (SSSR count). The van der Waals surface area contributed by atoms with Gasteiger partial charge in [-0.2, -0.15) is 14.6 Å². The molecule has 2 aromatic heterocycles. The summed E-state index contributed by atoms with van der Waals surface area (Å²) in [5.74, 6) is 1.62. The summed E-state index contributed by atoms with van der Waals surface area (Å²) in [6.45, 7) is 3.81. The van der Waals surface area contributed by atoms with Crippen LogP contribution in [0.3, 0.4) is 0 Å². The molecule has 20 heavy (non-hydrogen) atoms. The summed E-state index contributed by atoms with van der Waals surface area (Å²) in [6.07, 6.45) is 1.43. The van der Waals surface area contributed by atoms with Crippen LogP contribution in [-0.4, -0.2) is 19.6 Å². The Balaban J connectivity index is 2.11. The average Bonchev–Trinajstić information content (AvgIpc) is 2.87. The number of aromatic nitrogens is 4. The van der Waals surface area contributed by atoms with E-state index in [-0.39, 0.29) is 0 Å². The highest BCUT2D eigenvalue weighted by Gasteiger charge is 2.13. The lowest BCUT2D eigenvalue weighted by Crippen LogP contribution is -2.03. The van der Waals surface area contributed by atoms with Crippen molar-refractivity contribution >= 4 is 29.0 Å². The smallest absolute Gasteiger partial charge is 0.255 e. The van der Waals surface area contributed by atoms with Gasteiger partial charge in [0.15, 0.2) is 0 Å². The summed E-state index contributed by atoms with van der Waals surface area (Å²) >= 11 is 11.9. The van der Waals surface area contributed by atoms with E-state index in [0.717, 1.165) is 11.3 Å². The topological polar surface area (TPSA) is 52.3 Å². The molecular formula is C13H10Cl2N4O. The van der Waals surface area contributed by atoms with E-state index in [1.165, 1.54) is 6.33 Å². The maximum absolute atomic E-state index is 5.99. The second kappa shape index (κ2) is 4.92. The van der Waals surface area contributed by atoms with Gasteiger partial charge in [-0.1, -0.05) is 23.2 Å². The third-order valence-corrected chi connectivity index (χ3v) is 3.70. The van der Waals surface area contributed by atoms with Crippen LogP contribution in [0.25, 0.3) is 5.78 Å². The fourth-order valence-corrected chi connectivity index (χ4v) is 2.06. The molecule has 0 aliphatic rings. The highest BCUT2D eigenvalue weighted by atomic mass is 35.5. The molecule has 2 heterocycles. The number of fused-ring (bicyclic) bond motifs is 1. The van der Waals surface area contributed by atoms with Crippen LogP contribution in [0.2, 0.25) is 10.0 Å². The second-order valence-electron chi connectivity index (χ2n) is 4.28. The van der Waals surface area contributed by atoms with Gasteiger partial charge in [-0.25, -0.2) is 4.98 Å². The standard InChI is InChI=1S/C13H10Cl2N4O/c1-7-8(2)18-13-16-6-17-19(13)12(7)20-9-3-4-10(14)11(15)5-9/h3-6H,1-2H3. The molecular weight excluding hydrogens is 299 g/mol. The number of benzene rings is 1. The Morgan fingerprint density at radius 1 is 1.15 bits per heavy atom. The molecule has 1 aromatic carbocycles. The maximum atomic E-state index is 5.99. The van der Waals surface area contributed by atoms with E-state index in [9.17, 15) is 0 Å². The van der Waals surface area contributed by atoms with Crippen molar-refractivity contribution in [2.75, 3.05) is 0 Å². The van der Waals surface area contributed by atoms with Crippen LogP contribution in [0.4, 0.5) is 0 Å². The van der Waals surface area contributed by atoms with Crippen molar-refractivity contribution in [1.29, 1.82) is 0 Å². The number of rotatable bonds is 2. The van der Waals surface area contributed by atoms with Gasteiger partial charge in [-0.3, -0.25) is 0 Å². The lowest BCUT2D eigenvalue weighted by atomic mass is 10.2. The van der Waals surface area contributed by atoms with Crippen molar-refractivity contribution in [3.05, 3.63) is 45.8 Å². The Morgan fingerprint density at radius 3 is 2.70 bits per heavy atom. The van der Waals surface area contributed by atoms with Gasteiger partial charge in [0.2, 0.25) is 5.88 Å². The first-order valence-electron chi connectivity index (χ1n) is 5.86. The van der Waals surface area contributed by atoms with Crippen LogP contribution in [0.5, 0.6) is 11.6 Å². The highest BCUT2D eigenvalue weighted by Crippen LogP contribution is 2.31. The Hall–Kier alpha value is -1.85. The van der Waals surface area contributed by atoms with Crippen molar-refractivity contribution in [3.63, 3.8) is 0 Å². The minimum atomic E-state index is 0.433. The molecule has 0 spiro atoms. The SMILES string of the molecule is Cc1nc2ncnn2c(Oc2ccc(Cl)c(Cl)c2)c1C. The van der Waals surface area contributed by atoms with Gasteiger partial charge in [-0.05, 0) is 26.0 Å².